The van der Waals surface area contributed by atoms with E-state index in [9.17, 15) is 4.79 Å². The summed E-state index contributed by atoms with van der Waals surface area (Å²) in [7, 11) is 1.57. The minimum absolute atomic E-state index is 0.141. The van der Waals surface area contributed by atoms with Crippen molar-refractivity contribution in [3.05, 3.63) is 24.3 Å². The third-order valence-electron chi connectivity index (χ3n) is 2.42. The summed E-state index contributed by atoms with van der Waals surface area (Å²) in [6, 6.07) is 8.74. The molecule has 0 fully saturated rings. The first-order valence-corrected chi connectivity index (χ1v) is 6.61. The summed E-state index contributed by atoms with van der Waals surface area (Å²) in [6.07, 6.45) is -0.546. The van der Waals surface area contributed by atoms with Crippen LogP contribution in [0.15, 0.2) is 24.3 Å². The maximum absolute atomic E-state index is 11.5. The summed E-state index contributed by atoms with van der Waals surface area (Å²) in [5, 5.41) is 14.7. The van der Waals surface area contributed by atoms with E-state index < -0.39 is 17.7 Å². The lowest BCUT2D eigenvalue weighted by Gasteiger charge is -2.20. The van der Waals surface area contributed by atoms with Crippen molar-refractivity contribution >= 4 is 11.8 Å². The molecule has 1 rings (SSSR count). The van der Waals surface area contributed by atoms with Crippen molar-refractivity contribution in [2.24, 2.45) is 0 Å². The minimum atomic E-state index is -0.565. The Hall–Kier alpha value is -2.42. The monoisotopic (exact) mass is 291 g/mol. The summed E-state index contributed by atoms with van der Waals surface area (Å²) in [4.78, 5) is 11.5. The fourth-order valence-corrected chi connectivity index (χ4v) is 1.54. The van der Waals surface area contributed by atoms with Crippen molar-refractivity contribution in [3.63, 3.8) is 0 Å². The molecule has 0 saturated heterocycles. The molecule has 0 aliphatic heterocycles. The van der Waals surface area contributed by atoms with Crippen LogP contribution in [0, 0.1) is 11.3 Å². The number of hydrogen-bond acceptors (Lipinski definition) is 5. The van der Waals surface area contributed by atoms with Gasteiger partial charge in [-0.25, -0.2) is 4.79 Å². The van der Waals surface area contributed by atoms with Gasteiger partial charge in [-0.3, -0.25) is 0 Å². The van der Waals surface area contributed by atoms with E-state index in [1.807, 2.05) is 18.2 Å². The zero-order valence-electron chi connectivity index (χ0n) is 12.8. The number of ether oxygens (including phenoxy) is 2. The molecule has 1 aromatic rings. The number of hydrogen-bond donors (Lipinski definition) is 2. The lowest BCUT2D eigenvalue weighted by molar-refractivity contribution is 0.0527. The van der Waals surface area contributed by atoms with Crippen LogP contribution in [0.1, 0.15) is 20.8 Å². The molecule has 1 atom stereocenters. The molecule has 6 heteroatoms. The molecule has 0 bridgehead atoms. The molecule has 114 valence electrons. The fraction of sp³-hybridized carbons (Fsp3) is 0.467. The maximum atomic E-state index is 11.5. The van der Waals surface area contributed by atoms with Crippen molar-refractivity contribution in [3.8, 4) is 11.8 Å². The van der Waals surface area contributed by atoms with Crippen LogP contribution in [-0.2, 0) is 4.74 Å². The van der Waals surface area contributed by atoms with E-state index in [4.69, 9.17) is 14.7 Å². The first kappa shape index (κ1) is 16.6. The van der Waals surface area contributed by atoms with Crippen molar-refractivity contribution in [2.75, 3.05) is 19.0 Å². The second-order valence-corrected chi connectivity index (χ2v) is 5.44. The van der Waals surface area contributed by atoms with Gasteiger partial charge >= 0.3 is 6.09 Å². The van der Waals surface area contributed by atoms with Crippen LogP contribution in [-0.4, -0.2) is 31.4 Å². The lowest BCUT2D eigenvalue weighted by atomic mass is 10.2. The molecule has 6 nitrogen and oxygen atoms in total. The Kier molecular flexibility index (Phi) is 5.85. The molecule has 0 saturated carbocycles. The molecule has 1 amide bonds. The third kappa shape index (κ3) is 6.52. The minimum Gasteiger partial charge on any atom is -0.497 e. The van der Waals surface area contributed by atoms with Crippen LogP contribution in [0.25, 0.3) is 0 Å². The predicted molar refractivity (Wildman–Crippen MR) is 80.3 cm³/mol. The summed E-state index contributed by atoms with van der Waals surface area (Å²) < 4.78 is 10.2. The van der Waals surface area contributed by atoms with E-state index in [0.717, 1.165) is 5.69 Å². The Balaban J connectivity index is 2.52. The van der Waals surface area contributed by atoms with Gasteiger partial charge in [0, 0.05) is 11.8 Å². The average molecular weight is 291 g/mol. The summed E-state index contributed by atoms with van der Waals surface area (Å²) >= 11 is 0. The fourth-order valence-electron chi connectivity index (χ4n) is 1.54. The first-order valence-electron chi connectivity index (χ1n) is 6.61. The van der Waals surface area contributed by atoms with Gasteiger partial charge in [0.1, 0.15) is 17.4 Å². The zero-order chi connectivity index (χ0) is 15.9. The van der Waals surface area contributed by atoms with E-state index in [2.05, 4.69) is 16.7 Å². The van der Waals surface area contributed by atoms with E-state index >= 15 is 0 Å². The number of carbonyl (C=O) groups excluding carboxylic acids is 1. The predicted octanol–water partition coefficient (Wildman–Crippen LogP) is 2.52. The van der Waals surface area contributed by atoms with E-state index in [-0.39, 0.29) is 6.54 Å². The maximum Gasteiger partial charge on any atom is 0.407 e. The summed E-state index contributed by atoms with van der Waals surface area (Å²) in [6.45, 7) is 5.48. The molecule has 0 aliphatic carbocycles. The average Bonchev–Trinajstić information content (AvgIpc) is 2.41. The lowest BCUT2D eigenvalue weighted by Crippen LogP contribution is -2.39. The largest absolute Gasteiger partial charge is 0.497 e. The van der Waals surface area contributed by atoms with Gasteiger partial charge in [0.15, 0.2) is 0 Å². The van der Waals surface area contributed by atoms with Crippen molar-refractivity contribution in [2.45, 2.75) is 32.4 Å². The number of carbonyl (C=O) groups is 1. The molecule has 0 heterocycles. The number of nitrogens with one attached hydrogen (secondary N) is 2. The van der Waals surface area contributed by atoms with Crippen molar-refractivity contribution < 1.29 is 14.3 Å². The molecule has 0 radical (unpaired) electrons. The van der Waals surface area contributed by atoms with Crippen LogP contribution < -0.4 is 15.4 Å². The van der Waals surface area contributed by atoms with Gasteiger partial charge in [-0.2, -0.15) is 5.26 Å². The van der Waals surface area contributed by atoms with Gasteiger partial charge in [0.2, 0.25) is 0 Å². The molecule has 0 aliphatic rings. The van der Waals surface area contributed by atoms with Gasteiger partial charge in [0.05, 0.1) is 19.7 Å². The first-order chi connectivity index (χ1) is 9.84. The van der Waals surface area contributed by atoms with Crippen LogP contribution in [0.4, 0.5) is 10.5 Å². The van der Waals surface area contributed by atoms with E-state index in [1.54, 1.807) is 33.9 Å². The number of rotatable bonds is 5. The van der Waals surface area contributed by atoms with Crippen LogP contribution in [0.5, 0.6) is 5.75 Å². The Morgan fingerprint density at radius 2 is 2.14 bits per heavy atom. The number of methoxy groups -OCH3 is 1. The highest BCUT2D eigenvalue weighted by molar-refractivity contribution is 5.67. The van der Waals surface area contributed by atoms with E-state index in [0.29, 0.717) is 5.75 Å². The van der Waals surface area contributed by atoms with Crippen molar-refractivity contribution in [1.82, 2.24) is 5.32 Å². The smallest absolute Gasteiger partial charge is 0.407 e. The summed E-state index contributed by atoms with van der Waals surface area (Å²) in [5.74, 6) is 0.691. The summed E-state index contributed by atoms with van der Waals surface area (Å²) in [5.41, 5.74) is 0.179. The second-order valence-electron chi connectivity index (χ2n) is 5.44. The van der Waals surface area contributed by atoms with Crippen molar-refractivity contribution in [1.29, 1.82) is 5.26 Å². The van der Waals surface area contributed by atoms with Gasteiger partial charge in [-0.1, -0.05) is 6.07 Å². The third-order valence-corrected chi connectivity index (χ3v) is 2.42. The topological polar surface area (TPSA) is 83.4 Å². The molecule has 0 aromatic heterocycles. The molecule has 1 unspecified atom stereocenters. The molecular weight excluding hydrogens is 270 g/mol. The zero-order valence-corrected chi connectivity index (χ0v) is 12.8. The number of nitriles is 1. The van der Waals surface area contributed by atoms with Gasteiger partial charge in [0.25, 0.3) is 0 Å². The second kappa shape index (κ2) is 7.39. The molecular formula is C15H21N3O3. The number of amides is 1. The quantitative estimate of drug-likeness (QED) is 0.871. The van der Waals surface area contributed by atoms with Crippen LogP contribution in [0.3, 0.4) is 0 Å². The molecule has 0 spiro atoms. The number of alkyl carbamates (subject to hydrolysis) is 1. The van der Waals surface area contributed by atoms with Gasteiger partial charge in [-0.15, -0.1) is 0 Å². The highest BCUT2D eigenvalue weighted by atomic mass is 16.6. The highest BCUT2D eigenvalue weighted by Crippen LogP contribution is 2.17. The normalized spacial score (nSPS) is 12.0. The Bertz CT molecular complexity index is 518. The van der Waals surface area contributed by atoms with Gasteiger partial charge < -0.3 is 20.1 Å². The number of nitrogens with zero attached hydrogens (tertiary/aromatic N) is 1. The Labute approximate surface area is 125 Å². The molecule has 21 heavy (non-hydrogen) atoms. The van der Waals surface area contributed by atoms with Gasteiger partial charge in [-0.05, 0) is 32.9 Å². The SMILES string of the molecule is COc1cccc(NC(C#N)CNC(=O)OC(C)(C)C)c1. The number of anilines is 1. The Morgan fingerprint density at radius 1 is 1.43 bits per heavy atom. The highest BCUT2D eigenvalue weighted by Gasteiger charge is 2.17. The van der Waals surface area contributed by atoms with Crippen LogP contribution >= 0.6 is 0 Å². The Morgan fingerprint density at radius 3 is 2.71 bits per heavy atom. The van der Waals surface area contributed by atoms with Crippen LogP contribution in [0.2, 0.25) is 0 Å². The standard InChI is InChI=1S/C15H21N3O3/c1-15(2,3)21-14(19)17-10-12(9-16)18-11-6-5-7-13(8-11)20-4/h5-8,12,18H,10H2,1-4H3,(H,17,19). The number of benzene rings is 1. The molecule has 2 N–H and O–H groups in total. The molecule has 1 aromatic carbocycles. The van der Waals surface area contributed by atoms with E-state index in [1.165, 1.54) is 0 Å².